The van der Waals surface area contributed by atoms with Crippen molar-refractivity contribution in [3.63, 3.8) is 0 Å². The summed E-state index contributed by atoms with van der Waals surface area (Å²) >= 11 is 0. The van der Waals surface area contributed by atoms with Crippen molar-refractivity contribution in [2.45, 2.75) is 4.90 Å². The lowest BCUT2D eigenvalue weighted by Gasteiger charge is -1.97. The maximum absolute atomic E-state index is 11.5. The molecule has 0 fully saturated rings. The molecule has 0 saturated carbocycles. The molecule has 5 heteroatoms. The maximum atomic E-state index is 11.5. The van der Waals surface area contributed by atoms with E-state index in [1.807, 2.05) is 18.2 Å². The first-order valence-corrected chi connectivity index (χ1v) is 7.30. The van der Waals surface area contributed by atoms with E-state index in [0.717, 1.165) is 22.4 Å². The molecule has 0 saturated heterocycles. The van der Waals surface area contributed by atoms with E-state index < -0.39 is 9.84 Å². The fraction of sp³-hybridized carbons (Fsp3) is 0.0769. The van der Waals surface area contributed by atoms with Crippen molar-refractivity contribution in [1.29, 1.82) is 0 Å². The minimum absolute atomic E-state index is 0.319. The molecule has 1 N–H and O–H groups in total. The van der Waals surface area contributed by atoms with E-state index in [9.17, 15) is 8.42 Å². The minimum atomic E-state index is -3.18. The smallest absolute Gasteiger partial charge is 0.175 e. The van der Waals surface area contributed by atoms with Crippen LogP contribution in [0.1, 0.15) is 0 Å². The molecule has 0 aliphatic carbocycles. The van der Waals surface area contributed by atoms with E-state index in [1.54, 1.807) is 24.5 Å². The molecule has 2 heterocycles. The van der Waals surface area contributed by atoms with E-state index in [0.29, 0.717) is 4.90 Å². The van der Waals surface area contributed by atoms with Crippen molar-refractivity contribution in [1.82, 2.24) is 4.98 Å². The monoisotopic (exact) mass is 261 g/mol. The SMILES string of the molecule is CS(=O)(=O)c1ccc2[nH]c(-c3ccco3)cc2c1. The van der Waals surface area contributed by atoms with Crippen LogP contribution >= 0.6 is 0 Å². The third kappa shape index (κ3) is 1.82. The molecule has 0 atom stereocenters. The molecule has 0 aliphatic rings. The molecule has 0 radical (unpaired) electrons. The number of rotatable bonds is 2. The molecular formula is C13H11NO3S. The van der Waals surface area contributed by atoms with Gasteiger partial charge in [-0.25, -0.2) is 8.42 Å². The highest BCUT2D eigenvalue weighted by Crippen LogP contribution is 2.26. The second-order valence-electron chi connectivity index (χ2n) is 4.18. The quantitative estimate of drug-likeness (QED) is 0.771. The minimum Gasteiger partial charge on any atom is -0.463 e. The van der Waals surface area contributed by atoms with Gasteiger partial charge in [0, 0.05) is 17.2 Å². The molecule has 0 amide bonds. The number of benzene rings is 1. The molecule has 2 aromatic heterocycles. The lowest BCUT2D eigenvalue weighted by Crippen LogP contribution is -1.95. The lowest BCUT2D eigenvalue weighted by atomic mass is 10.2. The third-order valence-corrected chi connectivity index (χ3v) is 3.92. The van der Waals surface area contributed by atoms with Gasteiger partial charge in [0.25, 0.3) is 0 Å². The van der Waals surface area contributed by atoms with Crippen LogP contribution in [0.3, 0.4) is 0 Å². The van der Waals surface area contributed by atoms with Gasteiger partial charge >= 0.3 is 0 Å². The highest BCUT2D eigenvalue weighted by Gasteiger charge is 2.10. The number of H-pyrrole nitrogens is 1. The average molecular weight is 261 g/mol. The van der Waals surface area contributed by atoms with Gasteiger partial charge in [-0.15, -0.1) is 0 Å². The second kappa shape index (κ2) is 3.74. The van der Waals surface area contributed by atoms with Crippen molar-refractivity contribution in [3.05, 3.63) is 42.7 Å². The predicted octanol–water partition coefficient (Wildman–Crippen LogP) is 2.83. The van der Waals surface area contributed by atoms with Crippen LogP contribution in [0, 0.1) is 0 Å². The van der Waals surface area contributed by atoms with Gasteiger partial charge in [0.05, 0.1) is 16.9 Å². The number of aromatic nitrogens is 1. The Morgan fingerprint density at radius 2 is 2.00 bits per heavy atom. The zero-order chi connectivity index (χ0) is 12.8. The zero-order valence-corrected chi connectivity index (χ0v) is 10.5. The molecule has 1 aromatic carbocycles. The van der Waals surface area contributed by atoms with Crippen LogP contribution in [0.5, 0.6) is 0 Å². The fourth-order valence-corrected chi connectivity index (χ4v) is 2.56. The number of sulfone groups is 1. The number of nitrogens with one attached hydrogen (secondary N) is 1. The number of hydrogen-bond donors (Lipinski definition) is 1. The first kappa shape index (κ1) is 11.1. The van der Waals surface area contributed by atoms with Gasteiger partial charge in [-0.05, 0) is 36.4 Å². The molecular weight excluding hydrogens is 250 g/mol. The van der Waals surface area contributed by atoms with E-state index >= 15 is 0 Å². The maximum Gasteiger partial charge on any atom is 0.175 e. The lowest BCUT2D eigenvalue weighted by molar-refractivity contribution is 0.580. The zero-order valence-electron chi connectivity index (χ0n) is 9.67. The van der Waals surface area contributed by atoms with Gasteiger partial charge in [-0.1, -0.05) is 0 Å². The van der Waals surface area contributed by atoms with Crippen molar-refractivity contribution in [2.24, 2.45) is 0 Å². The van der Waals surface area contributed by atoms with E-state index in [-0.39, 0.29) is 0 Å². The van der Waals surface area contributed by atoms with Crippen molar-refractivity contribution >= 4 is 20.7 Å². The fourth-order valence-electron chi connectivity index (χ4n) is 1.91. The standard InChI is InChI=1S/C13H11NO3S/c1-18(15,16)10-4-5-11-9(7-10)8-12(14-11)13-3-2-6-17-13/h2-8,14H,1H3. The van der Waals surface area contributed by atoms with Gasteiger partial charge in [-0.2, -0.15) is 0 Å². The van der Waals surface area contributed by atoms with E-state index in [2.05, 4.69) is 4.98 Å². The average Bonchev–Trinajstić information content (AvgIpc) is 2.95. The molecule has 18 heavy (non-hydrogen) atoms. The Balaban J connectivity index is 2.19. The summed E-state index contributed by atoms with van der Waals surface area (Å²) in [4.78, 5) is 3.51. The summed E-state index contributed by atoms with van der Waals surface area (Å²) in [5.41, 5.74) is 1.72. The molecule has 3 rings (SSSR count). The molecule has 0 spiro atoms. The van der Waals surface area contributed by atoms with Gasteiger partial charge < -0.3 is 9.40 Å². The Hall–Kier alpha value is -2.01. The van der Waals surface area contributed by atoms with Gasteiger partial charge in [0.2, 0.25) is 0 Å². The summed E-state index contributed by atoms with van der Waals surface area (Å²) < 4.78 is 28.3. The molecule has 3 aromatic rings. The highest BCUT2D eigenvalue weighted by atomic mass is 32.2. The number of hydrogen-bond acceptors (Lipinski definition) is 3. The molecule has 0 aliphatic heterocycles. The Kier molecular flexibility index (Phi) is 2.31. The Morgan fingerprint density at radius 1 is 1.17 bits per heavy atom. The topological polar surface area (TPSA) is 63.1 Å². The summed E-state index contributed by atoms with van der Waals surface area (Å²) in [6.45, 7) is 0. The number of furan rings is 1. The number of aromatic amines is 1. The van der Waals surface area contributed by atoms with Crippen LogP contribution in [0.4, 0.5) is 0 Å². The summed E-state index contributed by atoms with van der Waals surface area (Å²) in [5.74, 6) is 0.729. The van der Waals surface area contributed by atoms with Gasteiger partial charge in [0.15, 0.2) is 9.84 Å². The second-order valence-corrected chi connectivity index (χ2v) is 6.20. The van der Waals surface area contributed by atoms with Gasteiger partial charge in [-0.3, -0.25) is 0 Å². The molecule has 4 nitrogen and oxygen atoms in total. The number of fused-ring (bicyclic) bond motifs is 1. The van der Waals surface area contributed by atoms with Crippen LogP contribution in [-0.4, -0.2) is 19.7 Å². The van der Waals surface area contributed by atoms with Crippen LogP contribution in [0.2, 0.25) is 0 Å². The van der Waals surface area contributed by atoms with Crippen molar-refractivity contribution < 1.29 is 12.8 Å². The van der Waals surface area contributed by atoms with Crippen LogP contribution < -0.4 is 0 Å². The normalized spacial score (nSPS) is 12.1. The summed E-state index contributed by atoms with van der Waals surface area (Å²) in [5, 5.41) is 0.851. The van der Waals surface area contributed by atoms with Crippen molar-refractivity contribution in [3.8, 4) is 11.5 Å². The summed E-state index contributed by atoms with van der Waals surface area (Å²) in [7, 11) is -3.18. The first-order chi connectivity index (χ1) is 8.54. The van der Waals surface area contributed by atoms with E-state index in [4.69, 9.17) is 4.42 Å². The first-order valence-electron chi connectivity index (χ1n) is 5.41. The Labute approximate surface area is 104 Å². The van der Waals surface area contributed by atoms with Crippen LogP contribution in [0.15, 0.2) is 52.0 Å². The highest BCUT2D eigenvalue weighted by molar-refractivity contribution is 7.90. The van der Waals surface area contributed by atoms with Crippen LogP contribution in [0.25, 0.3) is 22.4 Å². The van der Waals surface area contributed by atoms with E-state index in [1.165, 1.54) is 6.26 Å². The van der Waals surface area contributed by atoms with Crippen LogP contribution in [-0.2, 0) is 9.84 Å². The molecule has 0 unspecified atom stereocenters. The Morgan fingerprint density at radius 3 is 2.67 bits per heavy atom. The van der Waals surface area contributed by atoms with Gasteiger partial charge in [0.1, 0.15) is 5.76 Å². The van der Waals surface area contributed by atoms with Crippen molar-refractivity contribution in [2.75, 3.05) is 6.26 Å². The molecule has 0 bridgehead atoms. The predicted molar refractivity (Wildman–Crippen MR) is 69.1 cm³/mol. The summed E-state index contributed by atoms with van der Waals surface area (Å²) in [6.07, 6.45) is 2.80. The third-order valence-electron chi connectivity index (χ3n) is 2.81. The Bertz CT molecular complexity index is 798. The molecule has 92 valence electrons. The summed E-state index contributed by atoms with van der Waals surface area (Å²) in [6, 6.07) is 10.6. The largest absolute Gasteiger partial charge is 0.463 e.